The van der Waals surface area contributed by atoms with Gasteiger partial charge in [-0.2, -0.15) is 0 Å². The fourth-order valence-corrected chi connectivity index (χ4v) is 2.59. The lowest BCUT2D eigenvalue weighted by Crippen LogP contribution is -2.42. The van der Waals surface area contributed by atoms with Gasteiger partial charge in [-0.3, -0.25) is 20.4 Å². The van der Waals surface area contributed by atoms with Crippen molar-refractivity contribution in [2.75, 3.05) is 5.75 Å². The molecule has 0 atom stereocenters. The van der Waals surface area contributed by atoms with E-state index in [9.17, 15) is 14.0 Å². The molecule has 0 fully saturated rings. The van der Waals surface area contributed by atoms with E-state index in [2.05, 4.69) is 26.4 Å². The number of nitrogens with one attached hydrogen (secondary N) is 2. The van der Waals surface area contributed by atoms with Crippen LogP contribution < -0.4 is 10.9 Å². The second-order valence-electron chi connectivity index (χ2n) is 5.00. The molecule has 0 saturated carbocycles. The van der Waals surface area contributed by atoms with Crippen molar-refractivity contribution in [2.45, 2.75) is 11.7 Å². The molecule has 0 spiro atoms. The zero-order chi connectivity index (χ0) is 18.4. The second-order valence-corrected chi connectivity index (χ2v) is 5.94. The summed E-state index contributed by atoms with van der Waals surface area (Å²) in [5.41, 5.74) is 4.75. The fourth-order valence-electron chi connectivity index (χ4n) is 1.92. The molecule has 0 aliphatic carbocycles. The van der Waals surface area contributed by atoms with Gasteiger partial charge in [-0.1, -0.05) is 11.8 Å². The molecular formula is C15H13FN6O3S. The Labute approximate surface area is 150 Å². The third-order valence-corrected chi connectivity index (χ3v) is 4.10. The van der Waals surface area contributed by atoms with Crippen LogP contribution in [0.15, 0.2) is 52.2 Å². The Hall–Kier alpha value is -3.21. The van der Waals surface area contributed by atoms with Crippen LogP contribution in [-0.2, 0) is 11.3 Å². The van der Waals surface area contributed by atoms with Crippen LogP contribution in [0.4, 0.5) is 4.39 Å². The monoisotopic (exact) mass is 376 g/mol. The lowest BCUT2D eigenvalue weighted by molar-refractivity contribution is -0.119. The molecule has 2 heterocycles. The predicted octanol–water partition coefficient (Wildman–Crippen LogP) is 1.01. The van der Waals surface area contributed by atoms with Crippen LogP contribution in [0.25, 0.3) is 0 Å². The number of benzene rings is 1. The molecule has 11 heteroatoms. The van der Waals surface area contributed by atoms with E-state index < -0.39 is 17.6 Å². The molecule has 2 amide bonds. The van der Waals surface area contributed by atoms with E-state index in [1.54, 1.807) is 18.4 Å². The summed E-state index contributed by atoms with van der Waals surface area (Å²) in [5.74, 6) is -0.782. The number of hydrazine groups is 1. The van der Waals surface area contributed by atoms with Gasteiger partial charge >= 0.3 is 0 Å². The summed E-state index contributed by atoms with van der Waals surface area (Å²) in [4.78, 5) is 23.7. The van der Waals surface area contributed by atoms with E-state index in [0.29, 0.717) is 17.5 Å². The topological polar surface area (TPSA) is 115 Å². The Bertz CT molecular complexity index is 881. The Morgan fingerprint density at radius 1 is 1.19 bits per heavy atom. The maximum Gasteiger partial charge on any atom is 0.269 e. The molecule has 1 aromatic carbocycles. The lowest BCUT2D eigenvalue weighted by Gasteiger charge is -2.07. The molecule has 0 aliphatic heterocycles. The molecule has 3 aromatic rings. The number of tetrazole rings is 1. The SMILES string of the molecule is O=C(CSc1nnnn1Cc1ccco1)NNC(=O)c1ccc(F)cc1. The van der Waals surface area contributed by atoms with Gasteiger partial charge in [0, 0.05) is 5.56 Å². The summed E-state index contributed by atoms with van der Waals surface area (Å²) in [6.45, 7) is 0.339. The number of halogens is 1. The highest BCUT2D eigenvalue weighted by Crippen LogP contribution is 2.14. The second kappa shape index (κ2) is 8.25. The van der Waals surface area contributed by atoms with Gasteiger partial charge in [-0.05, 0) is 46.8 Å². The normalized spacial score (nSPS) is 10.5. The van der Waals surface area contributed by atoms with Crippen molar-refractivity contribution in [3.8, 4) is 0 Å². The molecule has 134 valence electrons. The maximum absolute atomic E-state index is 12.8. The molecule has 2 aromatic heterocycles. The molecule has 0 saturated heterocycles. The van der Waals surface area contributed by atoms with Crippen molar-refractivity contribution in [3.05, 3.63) is 59.8 Å². The van der Waals surface area contributed by atoms with Crippen LogP contribution in [-0.4, -0.2) is 37.8 Å². The maximum atomic E-state index is 12.8. The zero-order valence-corrected chi connectivity index (χ0v) is 14.1. The Morgan fingerprint density at radius 3 is 2.73 bits per heavy atom. The van der Waals surface area contributed by atoms with E-state index in [-0.39, 0.29) is 11.3 Å². The first-order valence-electron chi connectivity index (χ1n) is 7.38. The number of nitrogens with zero attached hydrogens (tertiary/aromatic N) is 4. The number of aromatic nitrogens is 4. The first-order chi connectivity index (χ1) is 12.6. The minimum atomic E-state index is -0.550. The van der Waals surface area contributed by atoms with Gasteiger partial charge in [-0.15, -0.1) is 5.10 Å². The number of hydrogen-bond donors (Lipinski definition) is 2. The highest BCUT2D eigenvalue weighted by atomic mass is 32.2. The summed E-state index contributed by atoms with van der Waals surface area (Å²) < 4.78 is 19.5. The van der Waals surface area contributed by atoms with Crippen molar-refractivity contribution in [3.63, 3.8) is 0 Å². The molecule has 2 N–H and O–H groups in total. The highest BCUT2D eigenvalue weighted by Gasteiger charge is 2.12. The molecule has 3 rings (SSSR count). The van der Waals surface area contributed by atoms with Crippen molar-refractivity contribution >= 4 is 23.6 Å². The van der Waals surface area contributed by atoms with Crippen LogP contribution in [0.1, 0.15) is 16.1 Å². The summed E-state index contributed by atoms with van der Waals surface area (Å²) in [6, 6.07) is 8.48. The van der Waals surface area contributed by atoms with Gasteiger partial charge in [0.05, 0.1) is 12.0 Å². The van der Waals surface area contributed by atoms with Gasteiger partial charge in [-0.25, -0.2) is 9.07 Å². The molecule has 0 unspecified atom stereocenters. The number of thioether (sulfide) groups is 1. The zero-order valence-electron chi connectivity index (χ0n) is 13.3. The number of hydrogen-bond acceptors (Lipinski definition) is 7. The van der Waals surface area contributed by atoms with E-state index >= 15 is 0 Å². The van der Waals surface area contributed by atoms with E-state index in [4.69, 9.17) is 4.42 Å². The summed E-state index contributed by atoms with van der Waals surface area (Å²) in [5, 5.41) is 11.7. The van der Waals surface area contributed by atoms with Gasteiger partial charge < -0.3 is 4.42 Å². The van der Waals surface area contributed by atoms with E-state index in [1.807, 2.05) is 0 Å². The molecule has 0 radical (unpaired) electrons. The first-order valence-corrected chi connectivity index (χ1v) is 8.36. The third-order valence-electron chi connectivity index (χ3n) is 3.14. The largest absolute Gasteiger partial charge is 0.467 e. The minimum absolute atomic E-state index is 0.0117. The minimum Gasteiger partial charge on any atom is -0.467 e. The van der Waals surface area contributed by atoms with Crippen molar-refractivity contribution in [1.29, 1.82) is 0 Å². The smallest absolute Gasteiger partial charge is 0.269 e. The Morgan fingerprint density at radius 2 is 2.00 bits per heavy atom. The quantitative estimate of drug-likeness (QED) is 0.487. The van der Waals surface area contributed by atoms with Gasteiger partial charge in [0.25, 0.3) is 5.91 Å². The summed E-state index contributed by atoms with van der Waals surface area (Å²) in [6.07, 6.45) is 1.55. The van der Waals surface area contributed by atoms with Crippen LogP contribution in [0.2, 0.25) is 0 Å². The van der Waals surface area contributed by atoms with Crippen LogP contribution >= 0.6 is 11.8 Å². The number of furan rings is 1. The van der Waals surface area contributed by atoms with Crippen LogP contribution in [0.5, 0.6) is 0 Å². The average molecular weight is 376 g/mol. The predicted molar refractivity (Wildman–Crippen MR) is 88.4 cm³/mol. The molecular weight excluding hydrogens is 363 g/mol. The lowest BCUT2D eigenvalue weighted by atomic mass is 10.2. The highest BCUT2D eigenvalue weighted by molar-refractivity contribution is 7.99. The third kappa shape index (κ3) is 4.66. The van der Waals surface area contributed by atoms with E-state index in [1.165, 1.54) is 16.8 Å². The Balaban J connectivity index is 1.46. The van der Waals surface area contributed by atoms with Crippen molar-refractivity contribution < 1.29 is 18.4 Å². The number of carbonyl (C=O) groups is 2. The molecule has 26 heavy (non-hydrogen) atoms. The Kier molecular flexibility index (Phi) is 5.59. The molecule has 0 aliphatic rings. The molecule has 0 bridgehead atoms. The van der Waals surface area contributed by atoms with E-state index in [0.717, 1.165) is 23.9 Å². The average Bonchev–Trinajstić information content (AvgIpc) is 3.31. The van der Waals surface area contributed by atoms with Gasteiger partial charge in [0.1, 0.15) is 18.1 Å². The summed E-state index contributed by atoms with van der Waals surface area (Å²) >= 11 is 1.11. The van der Waals surface area contributed by atoms with Crippen molar-refractivity contribution in [1.82, 2.24) is 31.1 Å². The molecule has 9 nitrogen and oxygen atoms in total. The van der Waals surface area contributed by atoms with Gasteiger partial charge in [0.2, 0.25) is 11.1 Å². The first kappa shape index (κ1) is 17.6. The summed E-state index contributed by atoms with van der Waals surface area (Å²) in [7, 11) is 0. The van der Waals surface area contributed by atoms with Crippen molar-refractivity contribution in [2.24, 2.45) is 0 Å². The number of carbonyl (C=O) groups excluding carboxylic acids is 2. The van der Waals surface area contributed by atoms with Gasteiger partial charge in [0.15, 0.2) is 0 Å². The number of amides is 2. The standard InChI is InChI=1S/C15H13FN6O3S/c16-11-5-3-10(4-6-11)14(24)18-17-13(23)9-26-15-19-20-21-22(15)8-12-2-1-7-25-12/h1-7H,8-9H2,(H,17,23)(H,18,24). The van der Waals surface area contributed by atoms with Crippen LogP contribution in [0, 0.1) is 5.82 Å². The van der Waals surface area contributed by atoms with Crippen LogP contribution in [0.3, 0.4) is 0 Å². The number of rotatable bonds is 6. The fraction of sp³-hybridized carbons (Fsp3) is 0.133.